The standard InChI is InChI=1S/C66H123NO5/c1-3-5-7-9-11-13-15-17-18-19-20-21-22-23-24-25-28-31-35-38-42-46-50-54-58-64(69)63(62-68)67-65(70)59-55-51-47-43-39-36-32-29-26-27-30-33-37-41-45-49-53-57-61-72-66(71)60-56-52-48-44-40-34-16-14-12-10-8-6-4-2/h8,10,14,16,29,32,54,58,63-64,68-69H,3-7,9,11-13,15,17-28,30-31,33-53,55-57,59-62H2,1-2H3,(H,67,70)/b10-8-,16-14-,32-29-,58-54+. The monoisotopic (exact) mass is 1010 g/mol. The van der Waals surface area contributed by atoms with Crippen molar-refractivity contribution < 1.29 is 24.5 Å². The number of hydrogen-bond acceptors (Lipinski definition) is 5. The van der Waals surface area contributed by atoms with Gasteiger partial charge in [0.15, 0.2) is 0 Å². The first kappa shape index (κ1) is 69.8. The Hall–Kier alpha value is -2.18. The van der Waals surface area contributed by atoms with Crippen LogP contribution in [0.5, 0.6) is 0 Å². The van der Waals surface area contributed by atoms with Crippen molar-refractivity contribution in [3.8, 4) is 0 Å². The van der Waals surface area contributed by atoms with Gasteiger partial charge in [-0.2, -0.15) is 0 Å². The molecule has 0 aliphatic heterocycles. The smallest absolute Gasteiger partial charge is 0.305 e. The van der Waals surface area contributed by atoms with Crippen molar-refractivity contribution in [2.24, 2.45) is 0 Å². The quantitative estimate of drug-likeness (QED) is 0.0320. The molecule has 0 saturated heterocycles. The Bertz CT molecular complexity index is 1210. The van der Waals surface area contributed by atoms with E-state index in [1.54, 1.807) is 6.08 Å². The first-order valence-electron chi connectivity index (χ1n) is 31.9. The van der Waals surface area contributed by atoms with E-state index in [0.717, 1.165) is 70.6 Å². The predicted octanol–water partition coefficient (Wildman–Crippen LogP) is 20.1. The highest BCUT2D eigenvalue weighted by molar-refractivity contribution is 5.76. The fourth-order valence-corrected chi connectivity index (χ4v) is 9.67. The number of carbonyl (C=O) groups is 2. The number of ether oxygens (including phenoxy) is 1. The van der Waals surface area contributed by atoms with Crippen LogP contribution in [0.3, 0.4) is 0 Å². The number of hydrogen-bond donors (Lipinski definition) is 3. The third-order valence-corrected chi connectivity index (χ3v) is 14.5. The van der Waals surface area contributed by atoms with E-state index >= 15 is 0 Å². The second-order valence-corrected chi connectivity index (χ2v) is 21.7. The van der Waals surface area contributed by atoms with Crippen LogP contribution in [-0.2, 0) is 14.3 Å². The molecule has 1 amide bonds. The van der Waals surface area contributed by atoms with E-state index < -0.39 is 12.1 Å². The molecule has 6 nitrogen and oxygen atoms in total. The molecule has 0 aliphatic carbocycles. The normalized spacial score (nSPS) is 12.9. The van der Waals surface area contributed by atoms with Gasteiger partial charge in [-0.05, 0) is 83.5 Å². The van der Waals surface area contributed by atoms with Gasteiger partial charge in [-0.3, -0.25) is 9.59 Å². The Balaban J connectivity index is 3.49. The van der Waals surface area contributed by atoms with E-state index in [1.165, 1.54) is 238 Å². The van der Waals surface area contributed by atoms with Gasteiger partial charge < -0.3 is 20.3 Å². The summed E-state index contributed by atoms with van der Waals surface area (Å²) in [4.78, 5) is 24.5. The van der Waals surface area contributed by atoms with Crippen LogP contribution in [0.4, 0.5) is 0 Å². The molecule has 0 saturated carbocycles. The molecule has 72 heavy (non-hydrogen) atoms. The molecule has 6 heteroatoms. The lowest BCUT2D eigenvalue weighted by Crippen LogP contribution is -2.45. The van der Waals surface area contributed by atoms with Crippen molar-refractivity contribution >= 4 is 11.9 Å². The number of carbonyl (C=O) groups excluding carboxylic acids is 2. The van der Waals surface area contributed by atoms with E-state index in [-0.39, 0.29) is 18.5 Å². The number of amides is 1. The Labute approximate surface area is 448 Å². The zero-order valence-electron chi connectivity index (χ0n) is 48.2. The van der Waals surface area contributed by atoms with Gasteiger partial charge in [0.1, 0.15) is 0 Å². The molecule has 3 N–H and O–H groups in total. The largest absolute Gasteiger partial charge is 0.466 e. The number of unbranched alkanes of at least 4 members (excludes halogenated alkanes) is 42. The van der Waals surface area contributed by atoms with Crippen LogP contribution in [0.2, 0.25) is 0 Å². The fraction of sp³-hybridized carbons (Fsp3) is 0.848. The maximum atomic E-state index is 12.5. The Morgan fingerprint density at radius 2 is 0.722 bits per heavy atom. The molecular weight excluding hydrogens is 887 g/mol. The topological polar surface area (TPSA) is 95.9 Å². The van der Waals surface area contributed by atoms with Crippen LogP contribution in [0.15, 0.2) is 48.6 Å². The van der Waals surface area contributed by atoms with Gasteiger partial charge in [-0.15, -0.1) is 0 Å². The van der Waals surface area contributed by atoms with E-state index in [2.05, 4.69) is 55.6 Å². The van der Waals surface area contributed by atoms with Crippen molar-refractivity contribution in [1.29, 1.82) is 0 Å². The van der Waals surface area contributed by atoms with Crippen molar-refractivity contribution in [2.45, 2.75) is 347 Å². The first-order chi connectivity index (χ1) is 35.5. The zero-order valence-corrected chi connectivity index (χ0v) is 48.2. The Kier molecular flexibility index (Phi) is 59.5. The maximum Gasteiger partial charge on any atom is 0.305 e. The number of aliphatic hydroxyl groups excluding tert-OH is 2. The van der Waals surface area contributed by atoms with Crippen molar-refractivity contribution in [3.63, 3.8) is 0 Å². The van der Waals surface area contributed by atoms with Crippen LogP contribution in [0.25, 0.3) is 0 Å². The Morgan fingerprint density at radius 1 is 0.389 bits per heavy atom. The highest BCUT2D eigenvalue weighted by Crippen LogP contribution is 2.17. The van der Waals surface area contributed by atoms with E-state index in [0.29, 0.717) is 19.4 Å². The van der Waals surface area contributed by atoms with Crippen LogP contribution < -0.4 is 5.32 Å². The minimum Gasteiger partial charge on any atom is -0.466 e. The minimum absolute atomic E-state index is 0.0132. The second kappa shape index (κ2) is 61.4. The van der Waals surface area contributed by atoms with Gasteiger partial charge in [0.25, 0.3) is 0 Å². The van der Waals surface area contributed by atoms with E-state index in [4.69, 9.17) is 4.74 Å². The third-order valence-electron chi connectivity index (χ3n) is 14.5. The number of esters is 1. The summed E-state index contributed by atoms with van der Waals surface area (Å²) >= 11 is 0. The van der Waals surface area contributed by atoms with Crippen molar-refractivity contribution in [3.05, 3.63) is 48.6 Å². The summed E-state index contributed by atoms with van der Waals surface area (Å²) in [7, 11) is 0. The average Bonchev–Trinajstić information content (AvgIpc) is 3.38. The third kappa shape index (κ3) is 57.1. The number of aliphatic hydroxyl groups is 2. The fourth-order valence-electron chi connectivity index (χ4n) is 9.67. The average molecular weight is 1010 g/mol. The van der Waals surface area contributed by atoms with Gasteiger partial charge in [0.2, 0.25) is 5.91 Å². The van der Waals surface area contributed by atoms with Gasteiger partial charge in [-0.1, -0.05) is 287 Å². The van der Waals surface area contributed by atoms with Crippen LogP contribution in [0, 0.1) is 0 Å². The van der Waals surface area contributed by atoms with Gasteiger partial charge in [0.05, 0.1) is 25.4 Å². The van der Waals surface area contributed by atoms with Gasteiger partial charge in [-0.25, -0.2) is 0 Å². The number of nitrogens with one attached hydrogen (secondary N) is 1. The van der Waals surface area contributed by atoms with Gasteiger partial charge >= 0.3 is 5.97 Å². The van der Waals surface area contributed by atoms with Crippen molar-refractivity contribution in [1.82, 2.24) is 5.32 Å². The molecule has 0 fully saturated rings. The van der Waals surface area contributed by atoms with Crippen LogP contribution in [0.1, 0.15) is 335 Å². The molecule has 0 aromatic carbocycles. The lowest BCUT2D eigenvalue weighted by molar-refractivity contribution is -0.143. The molecular formula is C66H123NO5. The summed E-state index contributed by atoms with van der Waals surface area (Å²) in [5.74, 6) is -0.0936. The molecule has 2 atom stereocenters. The molecule has 0 aromatic rings. The summed E-state index contributed by atoms with van der Waals surface area (Å²) < 4.78 is 5.46. The summed E-state index contributed by atoms with van der Waals surface area (Å²) in [5, 5.41) is 23.2. The molecule has 0 aromatic heterocycles. The molecule has 0 heterocycles. The van der Waals surface area contributed by atoms with Crippen LogP contribution in [-0.4, -0.2) is 47.4 Å². The number of allylic oxidation sites excluding steroid dienone is 7. The van der Waals surface area contributed by atoms with Crippen LogP contribution >= 0.6 is 0 Å². The molecule has 422 valence electrons. The number of rotatable bonds is 59. The molecule has 0 bridgehead atoms. The molecule has 2 unspecified atom stereocenters. The zero-order chi connectivity index (χ0) is 52.2. The van der Waals surface area contributed by atoms with E-state index in [9.17, 15) is 19.8 Å². The summed E-state index contributed by atoms with van der Waals surface area (Å²) in [6, 6.07) is -0.641. The highest BCUT2D eigenvalue weighted by Gasteiger charge is 2.18. The summed E-state index contributed by atoms with van der Waals surface area (Å²) in [6.07, 6.45) is 78.7. The Morgan fingerprint density at radius 3 is 1.12 bits per heavy atom. The summed E-state index contributed by atoms with van der Waals surface area (Å²) in [5.41, 5.74) is 0. The molecule has 0 radical (unpaired) electrons. The lowest BCUT2D eigenvalue weighted by atomic mass is 10.0. The molecule has 0 spiro atoms. The minimum atomic E-state index is -0.856. The van der Waals surface area contributed by atoms with Crippen molar-refractivity contribution in [2.75, 3.05) is 13.2 Å². The lowest BCUT2D eigenvalue weighted by Gasteiger charge is -2.20. The highest BCUT2D eigenvalue weighted by atomic mass is 16.5. The first-order valence-corrected chi connectivity index (χ1v) is 31.9. The summed E-state index contributed by atoms with van der Waals surface area (Å²) in [6.45, 7) is 4.83. The maximum absolute atomic E-state index is 12.5. The SMILES string of the molecule is CCC/C=C\C/C=C\CCCCCCCC(=O)OCCCCCCCCCCC/C=C\CCCCCCCC(=O)NC(CO)C(O)/C=C/CCCCCCCCCCCCCCCCCCCCCCCC. The molecule has 0 rings (SSSR count). The van der Waals surface area contributed by atoms with E-state index in [1.807, 2.05) is 6.08 Å². The molecule has 0 aliphatic rings. The second-order valence-electron chi connectivity index (χ2n) is 21.7. The predicted molar refractivity (Wildman–Crippen MR) is 315 cm³/mol. The van der Waals surface area contributed by atoms with Gasteiger partial charge in [0, 0.05) is 12.8 Å².